The lowest BCUT2D eigenvalue weighted by Gasteiger charge is -2.36. The predicted molar refractivity (Wildman–Crippen MR) is 154 cm³/mol. The molecule has 0 saturated heterocycles. The number of aliphatic imine (C=N–C) groups is 1. The van der Waals surface area contributed by atoms with E-state index < -0.39 is 12.0 Å². The zero-order valence-electron chi connectivity index (χ0n) is 22.0. The maximum atomic E-state index is 13.5. The van der Waals surface area contributed by atoms with E-state index in [1.165, 1.54) is 11.8 Å². The lowest BCUT2D eigenvalue weighted by Crippen LogP contribution is -2.38. The number of benzene rings is 2. The van der Waals surface area contributed by atoms with Crippen LogP contribution in [0.2, 0.25) is 0 Å². The van der Waals surface area contributed by atoms with E-state index in [0.29, 0.717) is 24.2 Å². The highest BCUT2D eigenvalue weighted by atomic mass is 32.2. The van der Waals surface area contributed by atoms with Crippen LogP contribution in [0.25, 0.3) is 5.70 Å². The second kappa shape index (κ2) is 12.1. The first kappa shape index (κ1) is 26.4. The summed E-state index contributed by atoms with van der Waals surface area (Å²) in [4.78, 5) is 37.8. The number of esters is 1. The Hall–Kier alpha value is -4.17. The molecule has 2 aliphatic heterocycles. The number of hydrogen-bond acceptors (Lipinski definition) is 7. The number of thioether (sulfide) groups is 1. The summed E-state index contributed by atoms with van der Waals surface area (Å²) in [6.45, 7) is 4.56. The van der Waals surface area contributed by atoms with Crippen LogP contribution >= 0.6 is 11.8 Å². The van der Waals surface area contributed by atoms with Crippen molar-refractivity contribution in [1.29, 1.82) is 0 Å². The average Bonchev–Trinajstić information content (AvgIpc) is 3.36. The van der Waals surface area contributed by atoms with Gasteiger partial charge >= 0.3 is 5.97 Å². The molecule has 0 bridgehead atoms. The topological polar surface area (TPSA) is 83.9 Å². The number of hydrogen-bond donors (Lipinski definition) is 1. The first-order chi connectivity index (χ1) is 19.0. The summed E-state index contributed by atoms with van der Waals surface area (Å²) in [5.74, 6) is -0.516. The number of nitrogens with one attached hydrogen (secondary N) is 1. The number of carbonyl (C=O) groups excluding carboxylic acids is 2. The van der Waals surface area contributed by atoms with Crippen molar-refractivity contribution in [3.63, 3.8) is 0 Å². The van der Waals surface area contributed by atoms with Gasteiger partial charge in [-0.2, -0.15) is 0 Å². The van der Waals surface area contributed by atoms with Gasteiger partial charge in [0.1, 0.15) is 0 Å². The minimum atomic E-state index is -0.491. The van der Waals surface area contributed by atoms with E-state index >= 15 is 0 Å². The molecule has 0 fully saturated rings. The second-order valence-electron chi connectivity index (χ2n) is 9.25. The number of aromatic nitrogens is 1. The van der Waals surface area contributed by atoms with E-state index in [1.54, 1.807) is 13.1 Å². The molecule has 0 radical (unpaired) electrons. The summed E-state index contributed by atoms with van der Waals surface area (Å²) < 4.78 is 5.56. The minimum absolute atomic E-state index is 0.0998. The van der Waals surface area contributed by atoms with Gasteiger partial charge in [0.15, 0.2) is 5.17 Å². The number of amidine groups is 1. The number of carbonyl (C=O) groups is 2. The molecule has 2 aromatic carbocycles. The summed E-state index contributed by atoms with van der Waals surface area (Å²) >= 11 is 1.46. The zero-order chi connectivity index (χ0) is 27.2. The standard InChI is InChI=1S/C31H30N4O3S/c1-3-38-30(37)27-28(22-9-5-4-6-10-22)34-31-35(29(27)23-14-12-21(2)13-15-23)25(20-39-31)19-26(36)33-18-16-24-11-7-8-17-32-24/h4-15,17,20,29H,3,16,18-19H2,1-2H3,(H,33,36)/t29-/m0/s1. The van der Waals surface area contributed by atoms with Gasteiger partial charge in [0.2, 0.25) is 5.91 Å². The van der Waals surface area contributed by atoms with E-state index in [1.807, 2.05) is 90.0 Å². The molecular weight excluding hydrogens is 508 g/mol. The Kier molecular flexibility index (Phi) is 8.22. The van der Waals surface area contributed by atoms with Crippen LogP contribution in [-0.4, -0.2) is 40.1 Å². The highest BCUT2D eigenvalue weighted by Gasteiger charge is 2.42. The van der Waals surface area contributed by atoms with Crippen LogP contribution in [0.1, 0.15) is 41.8 Å². The molecule has 0 aliphatic carbocycles. The van der Waals surface area contributed by atoms with E-state index in [4.69, 9.17) is 9.73 Å². The van der Waals surface area contributed by atoms with Crippen molar-refractivity contribution < 1.29 is 14.3 Å². The second-order valence-corrected chi connectivity index (χ2v) is 10.1. The largest absolute Gasteiger partial charge is 0.463 e. The number of nitrogens with zero attached hydrogens (tertiary/aromatic N) is 3. The van der Waals surface area contributed by atoms with Gasteiger partial charge in [0, 0.05) is 36.1 Å². The Bertz CT molecular complexity index is 1430. The third kappa shape index (κ3) is 5.96. The molecule has 0 unspecified atom stereocenters. The fraction of sp³-hybridized carbons (Fsp3) is 0.226. The number of fused-ring (bicyclic) bond motifs is 1. The van der Waals surface area contributed by atoms with Crippen LogP contribution in [0.3, 0.4) is 0 Å². The molecule has 7 nitrogen and oxygen atoms in total. The number of rotatable bonds is 9. The quantitative estimate of drug-likeness (QED) is 0.367. The Morgan fingerprint density at radius 1 is 1.03 bits per heavy atom. The Labute approximate surface area is 232 Å². The van der Waals surface area contributed by atoms with Crippen molar-refractivity contribution in [2.75, 3.05) is 13.2 Å². The van der Waals surface area contributed by atoms with Crippen molar-refractivity contribution in [3.8, 4) is 0 Å². The van der Waals surface area contributed by atoms with Gasteiger partial charge < -0.3 is 15.0 Å². The maximum absolute atomic E-state index is 13.5. The molecule has 0 saturated carbocycles. The summed E-state index contributed by atoms with van der Waals surface area (Å²) in [6, 6.07) is 23.1. The van der Waals surface area contributed by atoms with Gasteiger partial charge in [-0.15, -0.1) is 0 Å². The lowest BCUT2D eigenvalue weighted by molar-refractivity contribution is -0.139. The fourth-order valence-electron chi connectivity index (χ4n) is 4.66. The molecule has 1 amide bonds. The van der Waals surface area contributed by atoms with E-state index in [0.717, 1.165) is 33.2 Å². The SMILES string of the molecule is CCOC(=O)C1=C(c2ccccc2)N=C2SC=C(CC(=O)NCCc3ccccn3)N2[C@H]1c1ccc(C)cc1. The predicted octanol–water partition coefficient (Wildman–Crippen LogP) is 5.41. The molecule has 198 valence electrons. The third-order valence-corrected chi connectivity index (χ3v) is 7.41. The van der Waals surface area contributed by atoms with Gasteiger partial charge in [0.25, 0.3) is 0 Å². The molecule has 1 N–H and O–H groups in total. The fourth-order valence-corrected chi connectivity index (χ4v) is 5.57. The van der Waals surface area contributed by atoms with E-state index in [2.05, 4.69) is 10.3 Å². The van der Waals surface area contributed by atoms with Crippen molar-refractivity contribution in [1.82, 2.24) is 15.2 Å². The number of amides is 1. The van der Waals surface area contributed by atoms with Crippen LogP contribution in [0, 0.1) is 6.92 Å². The molecule has 5 rings (SSSR count). The van der Waals surface area contributed by atoms with Gasteiger partial charge in [-0.1, -0.05) is 78.0 Å². The van der Waals surface area contributed by atoms with Crippen molar-refractivity contribution in [2.24, 2.45) is 4.99 Å². The molecule has 0 spiro atoms. The monoisotopic (exact) mass is 538 g/mol. The third-order valence-electron chi connectivity index (χ3n) is 6.52. The molecule has 1 aromatic heterocycles. The van der Waals surface area contributed by atoms with Gasteiger partial charge in [0.05, 0.1) is 30.3 Å². The van der Waals surface area contributed by atoms with Gasteiger partial charge in [-0.25, -0.2) is 9.79 Å². The number of pyridine rings is 1. The summed E-state index contributed by atoms with van der Waals surface area (Å²) in [6.07, 6.45) is 2.56. The lowest BCUT2D eigenvalue weighted by atomic mass is 9.91. The molecule has 39 heavy (non-hydrogen) atoms. The van der Waals surface area contributed by atoms with Crippen LogP contribution in [0.4, 0.5) is 0 Å². The molecule has 3 aromatic rings. The first-order valence-electron chi connectivity index (χ1n) is 13.0. The Morgan fingerprint density at radius 3 is 2.51 bits per heavy atom. The normalized spacial score (nSPS) is 16.4. The molecular formula is C31H30N4O3S. The number of ether oxygens (including phenoxy) is 1. The highest BCUT2D eigenvalue weighted by molar-refractivity contribution is 8.16. The number of aryl methyl sites for hydroxylation is 1. The minimum Gasteiger partial charge on any atom is -0.463 e. The van der Waals surface area contributed by atoms with Gasteiger partial charge in [-0.3, -0.25) is 9.78 Å². The smallest absolute Gasteiger partial charge is 0.338 e. The molecule has 2 aliphatic rings. The van der Waals surface area contributed by atoms with Crippen molar-refractivity contribution in [3.05, 3.63) is 118 Å². The molecule has 1 atom stereocenters. The Morgan fingerprint density at radius 2 is 1.79 bits per heavy atom. The van der Waals surface area contributed by atoms with Crippen LogP contribution in [0.15, 0.2) is 101 Å². The average molecular weight is 539 g/mol. The van der Waals surface area contributed by atoms with E-state index in [9.17, 15) is 9.59 Å². The summed E-state index contributed by atoms with van der Waals surface area (Å²) in [5, 5.41) is 5.68. The van der Waals surface area contributed by atoms with Crippen LogP contribution in [0.5, 0.6) is 0 Å². The van der Waals surface area contributed by atoms with Crippen molar-refractivity contribution >= 4 is 34.5 Å². The Balaban J connectivity index is 1.47. The van der Waals surface area contributed by atoms with Crippen LogP contribution in [-0.2, 0) is 20.7 Å². The molecule has 3 heterocycles. The highest BCUT2D eigenvalue weighted by Crippen LogP contribution is 2.47. The maximum Gasteiger partial charge on any atom is 0.338 e. The summed E-state index contributed by atoms with van der Waals surface area (Å²) in [5.41, 5.74) is 5.64. The van der Waals surface area contributed by atoms with Crippen molar-refractivity contribution in [2.45, 2.75) is 32.7 Å². The summed E-state index contributed by atoms with van der Waals surface area (Å²) in [7, 11) is 0. The van der Waals surface area contributed by atoms with E-state index in [-0.39, 0.29) is 18.9 Å². The zero-order valence-corrected chi connectivity index (χ0v) is 22.8. The van der Waals surface area contributed by atoms with Crippen LogP contribution < -0.4 is 5.32 Å². The van der Waals surface area contributed by atoms with Gasteiger partial charge in [-0.05, 0) is 37.0 Å². The first-order valence-corrected chi connectivity index (χ1v) is 13.9. The molecule has 8 heteroatoms.